The van der Waals surface area contributed by atoms with Crippen LogP contribution in [0.3, 0.4) is 0 Å². The Morgan fingerprint density at radius 1 is 1.15 bits per heavy atom. The van der Waals surface area contributed by atoms with E-state index in [1.807, 2.05) is 35.2 Å². The Kier molecular flexibility index (Phi) is 6.16. The second-order valence-corrected chi connectivity index (χ2v) is 9.57. The van der Waals surface area contributed by atoms with Gasteiger partial charge in [-0.25, -0.2) is 8.42 Å². The van der Waals surface area contributed by atoms with Gasteiger partial charge in [-0.1, -0.05) is 30.3 Å². The third-order valence-electron chi connectivity index (χ3n) is 5.35. The highest BCUT2D eigenvalue weighted by Gasteiger charge is 2.34. The van der Waals surface area contributed by atoms with E-state index in [1.165, 1.54) is 6.92 Å². The van der Waals surface area contributed by atoms with Crippen LogP contribution in [-0.2, 0) is 19.4 Å². The van der Waals surface area contributed by atoms with Gasteiger partial charge in [-0.3, -0.25) is 14.5 Å². The largest absolute Gasteiger partial charge is 0.349 e. The summed E-state index contributed by atoms with van der Waals surface area (Å²) in [6.45, 7) is 4.03. The van der Waals surface area contributed by atoms with Gasteiger partial charge in [0.25, 0.3) is 0 Å². The van der Waals surface area contributed by atoms with Crippen molar-refractivity contribution in [1.29, 1.82) is 0 Å². The van der Waals surface area contributed by atoms with Crippen molar-refractivity contribution in [1.82, 2.24) is 15.1 Å². The number of rotatable bonds is 5. The maximum Gasteiger partial charge on any atom is 0.225 e. The molecule has 2 aliphatic heterocycles. The molecule has 0 unspecified atom stereocenters. The number of nitrogens with zero attached hydrogens (tertiary/aromatic N) is 2. The summed E-state index contributed by atoms with van der Waals surface area (Å²) in [5.41, 5.74) is 0.913. The molecule has 1 N–H and O–H groups in total. The summed E-state index contributed by atoms with van der Waals surface area (Å²) in [5, 5.41) is 2.87. The smallest absolute Gasteiger partial charge is 0.225 e. The first-order valence-electron chi connectivity index (χ1n) is 9.38. The summed E-state index contributed by atoms with van der Waals surface area (Å²) in [7, 11) is -2.90. The topological polar surface area (TPSA) is 86.8 Å². The van der Waals surface area contributed by atoms with Gasteiger partial charge in [0.2, 0.25) is 11.8 Å². The van der Waals surface area contributed by atoms with Crippen LogP contribution in [0.5, 0.6) is 0 Å². The Morgan fingerprint density at radius 2 is 1.81 bits per heavy atom. The zero-order valence-electron chi connectivity index (χ0n) is 15.6. The van der Waals surface area contributed by atoms with Crippen LogP contribution < -0.4 is 5.32 Å². The lowest BCUT2D eigenvalue weighted by atomic mass is 10.0. The third-order valence-corrected chi connectivity index (χ3v) is 7.10. The maximum absolute atomic E-state index is 12.8. The van der Waals surface area contributed by atoms with Crippen molar-refractivity contribution in [2.24, 2.45) is 0 Å². The van der Waals surface area contributed by atoms with E-state index in [0.29, 0.717) is 32.6 Å². The van der Waals surface area contributed by atoms with Crippen molar-refractivity contribution in [2.45, 2.75) is 31.8 Å². The summed E-state index contributed by atoms with van der Waals surface area (Å²) < 4.78 is 23.3. The van der Waals surface area contributed by atoms with Crippen LogP contribution in [0.1, 0.15) is 31.4 Å². The third kappa shape index (κ3) is 5.29. The molecular weight excluding hydrogens is 366 g/mol. The highest BCUT2D eigenvalue weighted by Crippen LogP contribution is 2.21. The van der Waals surface area contributed by atoms with Crippen LogP contribution in [-0.4, -0.2) is 73.8 Å². The molecule has 2 amide bonds. The fourth-order valence-corrected chi connectivity index (χ4v) is 5.65. The Hall–Kier alpha value is -1.93. The van der Waals surface area contributed by atoms with Gasteiger partial charge in [-0.05, 0) is 12.0 Å². The van der Waals surface area contributed by atoms with Gasteiger partial charge in [0.1, 0.15) is 0 Å². The van der Waals surface area contributed by atoms with E-state index < -0.39 is 9.84 Å². The van der Waals surface area contributed by atoms with Gasteiger partial charge in [0.15, 0.2) is 9.84 Å². The summed E-state index contributed by atoms with van der Waals surface area (Å²) in [4.78, 5) is 28.3. The lowest BCUT2D eigenvalue weighted by Crippen LogP contribution is -2.52. The van der Waals surface area contributed by atoms with Crippen molar-refractivity contribution in [3.8, 4) is 0 Å². The van der Waals surface area contributed by atoms with E-state index in [-0.39, 0.29) is 41.8 Å². The summed E-state index contributed by atoms with van der Waals surface area (Å²) >= 11 is 0. The molecule has 1 aromatic rings. The Bertz CT molecular complexity index is 773. The van der Waals surface area contributed by atoms with E-state index in [4.69, 9.17) is 0 Å². The quantitative estimate of drug-likeness (QED) is 0.791. The molecule has 0 radical (unpaired) electrons. The molecule has 0 aromatic heterocycles. The molecule has 2 heterocycles. The van der Waals surface area contributed by atoms with E-state index in [1.54, 1.807) is 0 Å². The molecule has 1 aromatic carbocycles. The molecule has 148 valence electrons. The molecule has 2 fully saturated rings. The van der Waals surface area contributed by atoms with Crippen LogP contribution in [0.25, 0.3) is 0 Å². The molecule has 0 bridgehead atoms. The molecular formula is C19H27N3O4S. The Balaban J connectivity index is 1.55. The zero-order chi connectivity index (χ0) is 19.4. The molecule has 0 aliphatic carbocycles. The van der Waals surface area contributed by atoms with Gasteiger partial charge in [-0.2, -0.15) is 0 Å². The van der Waals surface area contributed by atoms with Gasteiger partial charge < -0.3 is 10.2 Å². The molecule has 2 atom stereocenters. The van der Waals surface area contributed by atoms with Gasteiger partial charge in [-0.15, -0.1) is 0 Å². The van der Waals surface area contributed by atoms with Gasteiger partial charge >= 0.3 is 0 Å². The SMILES string of the molecule is CC(=O)N[C@H](CC(=O)N1CCN([C@H]2CCS(=O)(=O)C2)CC1)c1ccccc1. The van der Waals surface area contributed by atoms with E-state index in [9.17, 15) is 18.0 Å². The van der Waals surface area contributed by atoms with Crippen LogP contribution >= 0.6 is 0 Å². The number of hydrogen-bond acceptors (Lipinski definition) is 5. The van der Waals surface area contributed by atoms with Crippen molar-refractivity contribution < 1.29 is 18.0 Å². The van der Waals surface area contributed by atoms with E-state index in [2.05, 4.69) is 10.2 Å². The average molecular weight is 394 g/mol. The number of amides is 2. The molecule has 7 nitrogen and oxygen atoms in total. The van der Waals surface area contributed by atoms with Gasteiger partial charge in [0.05, 0.1) is 24.0 Å². The lowest BCUT2D eigenvalue weighted by molar-refractivity contribution is -0.134. The number of benzene rings is 1. The molecule has 27 heavy (non-hydrogen) atoms. The minimum atomic E-state index is -2.90. The second-order valence-electron chi connectivity index (χ2n) is 7.34. The minimum absolute atomic E-state index is 0.0105. The lowest BCUT2D eigenvalue weighted by Gasteiger charge is -2.38. The number of carbonyl (C=O) groups excluding carboxylic acids is 2. The molecule has 3 rings (SSSR count). The van der Waals surface area contributed by atoms with E-state index >= 15 is 0 Å². The van der Waals surface area contributed by atoms with Gasteiger partial charge in [0, 0.05) is 39.1 Å². The normalized spacial score (nSPS) is 23.7. The van der Waals surface area contributed by atoms with Crippen molar-refractivity contribution in [2.75, 3.05) is 37.7 Å². The second kappa shape index (κ2) is 8.39. The molecule has 0 saturated carbocycles. The monoisotopic (exact) mass is 393 g/mol. The number of piperazine rings is 1. The highest BCUT2D eigenvalue weighted by atomic mass is 32.2. The number of carbonyl (C=O) groups is 2. The number of hydrogen-bond donors (Lipinski definition) is 1. The molecule has 8 heteroatoms. The first kappa shape index (κ1) is 19.8. The fraction of sp³-hybridized carbons (Fsp3) is 0.579. The summed E-state index contributed by atoms with van der Waals surface area (Å²) in [6.07, 6.45) is 0.913. The van der Waals surface area contributed by atoms with Crippen LogP contribution in [0.15, 0.2) is 30.3 Å². The maximum atomic E-state index is 12.8. The standard InChI is InChI=1S/C19H27N3O4S/c1-15(23)20-18(16-5-3-2-4-6-16)13-19(24)22-10-8-21(9-11-22)17-7-12-27(25,26)14-17/h2-6,17-18H,7-14H2,1H3,(H,20,23)/t17-,18+/m0/s1. The van der Waals surface area contributed by atoms with E-state index in [0.717, 1.165) is 5.56 Å². The molecule has 2 saturated heterocycles. The first-order valence-corrected chi connectivity index (χ1v) is 11.2. The number of sulfone groups is 1. The summed E-state index contributed by atoms with van der Waals surface area (Å²) in [6, 6.07) is 9.25. The highest BCUT2D eigenvalue weighted by molar-refractivity contribution is 7.91. The Labute approximate surface area is 160 Å². The predicted molar refractivity (Wildman–Crippen MR) is 103 cm³/mol. The van der Waals surface area contributed by atoms with Crippen LogP contribution in [0, 0.1) is 0 Å². The first-order chi connectivity index (χ1) is 12.8. The zero-order valence-corrected chi connectivity index (χ0v) is 16.5. The predicted octanol–water partition coefficient (Wildman–Crippen LogP) is 0.585. The molecule has 0 spiro atoms. The Morgan fingerprint density at radius 3 is 2.37 bits per heavy atom. The van der Waals surface area contributed by atoms with Crippen LogP contribution in [0.2, 0.25) is 0 Å². The van der Waals surface area contributed by atoms with Crippen molar-refractivity contribution in [3.63, 3.8) is 0 Å². The van der Waals surface area contributed by atoms with Crippen molar-refractivity contribution >= 4 is 21.7 Å². The van der Waals surface area contributed by atoms with Crippen molar-refractivity contribution in [3.05, 3.63) is 35.9 Å². The average Bonchev–Trinajstić information content (AvgIpc) is 3.01. The summed E-state index contributed by atoms with van der Waals surface area (Å²) in [5.74, 6) is 0.353. The minimum Gasteiger partial charge on any atom is -0.349 e. The fourth-order valence-electron chi connectivity index (χ4n) is 3.89. The van der Waals surface area contributed by atoms with Crippen LogP contribution in [0.4, 0.5) is 0 Å². The number of nitrogens with one attached hydrogen (secondary N) is 1. The molecule has 2 aliphatic rings.